The van der Waals surface area contributed by atoms with Crippen LogP contribution in [0.4, 0.5) is 0 Å². The molecule has 0 bridgehead atoms. The van der Waals surface area contributed by atoms with Gasteiger partial charge in [0.25, 0.3) is 0 Å². The molecule has 0 fully saturated rings. The quantitative estimate of drug-likeness (QED) is 0.611. The van der Waals surface area contributed by atoms with E-state index in [9.17, 15) is 10.2 Å². The van der Waals surface area contributed by atoms with Gasteiger partial charge in [0.05, 0.1) is 0 Å². The van der Waals surface area contributed by atoms with Gasteiger partial charge in [0.15, 0.2) is 0 Å². The van der Waals surface area contributed by atoms with Crippen molar-refractivity contribution in [2.24, 2.45) is 17.8 Å². The maximum atomic E-state index is 10.6. The first kappa shape index (κ1) is 16.9. The molecule has 0 heterocycles. The van der Waals surface area contributed by atoms with Gasteiger partial charge in [0, 0.05) is 17.9 Å². The normalized spacial score (nSPS) is 29.1. The molecule has 0 amide bonds. The second-order valence-corrected chi connectivity index (χ2v) is 7.05. The summed E-state index contributed by atoms with van der Waals surface area (Å²) in [6.07, 6.45) is 10.3. The van der Waals surface area contributed by atoms with E-state index in [4.69, 9.17) is 0 Å². The van der Waals surface area contributed by atoms with Crippen molar-refractivity contribution in [1.29, 1.82) is 0 Å². The van der Waals surface area contributed by atoms with E-state index >= 15 is 0 Å². The van der Waals surface area contributed by atoms with Crippen LogP contribution in [0.25, 0.3) is 0 Å². The largest absolute Gasteiger partial charge is 0.512 e. The summed E-state index contributed by atoms with van der Waals surface area (Å²) in [6.45, 7) is 10.5. The number of allylic oxidation sites excluding steroid dienone is 6. The number of hydrogen-bond acceptors (Lipinski definition) is 2. The third-order valence-electron chi connectivity index (χ3n) is 5.08. The maximum absolute atomic E-state index is 10.6. The summed E-state index contributed by atoms with van der Waals surface area (Å²) < 4.78 is 0. The molecule has 3 atom stereocenters. The van der Waals surface area contributed by atoms with E-state index < -0.39 is 0 Å². The lowest BCUT2D eigenvalue weighted by Gasteiger charge is -2.34. The van der Waals surface area contributed by atoms with Crippen molar-refractivity contribution in [3.8, 4) is 0 Å². The summed E-state index contributed by atoms with van der Waals surface area (Å²) in [6, 6.07) is 0. The van der Waals surface area contributed by atoms with Crippen LogP contribution in [0.3, 0.4) is 0 Å². The van der Waals surface area contributed by atoms with Gasteiger partial charge in [-0.15, -0.1) is 0 Å². The van der Waals surface area contributed by atoms with E-state index in [2.05, 4.69) is 33.4 Å². The van der Waals surface area contributed by atoms with Crippen LogP contribution in [-0.2, 0) is 0 Å². The predicted octanol–water partition coefficient (Wildman–Crippen LogP) is 6.00. The molecule has 1 unspecified atom stereocenters. The molecule has 2 rings (SSSR count). The molecule has 2 heteroatoms. The molecule has 122 valence electrons. The van der Waals surface area contributed by atoms with Crippen LogP contribution in [0.15, 0.2) is 47.0 Å². The second kappa shape index (κ2) is 7.21. The zero-order valence-electron chi connectivity index (χ0n) is 14.2. The number of hydrogen-bond donors (Lipinski definition) is 2. The molecule has 0 aromatic heterocycles. The highest BCUT2D eigenvalue weighted by Gasteiger charge is 2.33. The Bertz CT molecular complexity index is 522. The van der Waals surface area contributed by atoms with Crippen molar-refractivity contribution >= 4 is 0 Å². The zero-order chi connectivity index (χ0) is 16.3. The van der Waals surface area contributed by atoms with Crippen LogP contribution in [-0.4, -0.2) is 10.2 Å². The van der Waals surface area contributed by atoms with Gasteiger partial charge in [0.2, 0.25) is 0 Å². The topological polar surface area (TPSA) is 40.5 Å². The SMILES string of the molecule is C=C(C)[C@@H]1CCC(C)=C[C@@H]1C1=C(O)CC(CCCC)C=C1O. The summed E-state index contributed by atoms with van der Waals surface area (Å²) in [5, 5.41) is 21.1. The highest BCUT2D eigenvalue weighted by Crippen LogP contribution is 2.43. The molecule has 0 spiro atoms. The fourth-order valence-electron chi connectivity index (χ4n) is 3.80. The number of unbranched alkanes of at least 4 members (excludes halogenated alkanes) is 1. The van der Waals surface area contributed by atoms with Crippen molar-refractivity contribution in [3.05, 3.63) is 47.0 Å². The Kier molecular flexibility index (Phi) is 5.55. The molecule has 0 saturated heterocycles. The Hall–Kier alpha value is -1.44. The van der Waals surface area contributed by atoms with Crippen LogP contribution in [0.2, 0.25) is 0 Å². The molecule has 0 aromatic carbocycles. The second-order valence-electron chi connectivity index (χ2n) is 7.05. The first-order valence-corrected chi connectivity index (χ1v) is 8.59. The fourth-order valence-corrected chi connectivity index (χ4v) is 3.80. The highest BCUT2D eigenvalue weighted by atomic mass is 16.3. The average Bonchev–Trinajstić information content (AvgIpc) is 2.44. The number of rotatable bonds is 5. The zero-order valence-corrected chi connectivity index (χ0v) is 14.2. The van der Waals surface area contributed by atoms with Crippen LogP contribution in [0.5, 0.6) is 0 Å². The summed E-state index contributed by atoms with van der Waals surface area (Å²) >= 11 is 0. The lowest BCUT2D eigenvalue weighted by atomic mass is 9.71. The van der Waals surface area contributed by atoms with Gasteiger partial charge in [-0.3, -0.25) is 0 Å². The third-order valence-corrected chi connectivity index (χ3v) is 5.08. The number of aliphatic hydroxyl groups is 2. The molecule has 0 aliphatic heterocycles. The van der Waals surface area contributed by atoms with Gasteiger partial charge in [-0.05, 0) is 51.0 Å². The van der Waals surface area contributed by atoms with Crippen molar-refractivity contribution in [2.45, 2.75) is 59.3 Å². The minimum atomic E-state index is 0.0645. The van der Waals surface area contributed by atoms with Gasteiger partial charge in [-0.25, -0.2) is 0 Å². The molecule has 2 aliphatic rings. The molecule has 0 radical (unpaired) electrons. The smallest absolute Gasteiger partial charge is 0.119 e. The minimum absolute atomic E-state index is 0.0645. The Morgan fingerprint density at radius 1 is 1.32 bits per heavy atom. The standard InChI is InChI=1S/C20H30O2/c1-5-6-7-15-11-18(21)20(19(22)12-15)17-10-14(4)8-9-16(17)13(2)3/h10-11,15-17,21-22H,2,5-9,12H2,1,3-4H3/t15?,16-,17-/m0/s1. The Labute approximate surface area is 134 Å². The van der Waals surface area contributed by atoms with E-state index in [1.807, 2.05) is 6.08 Å². The highest BCUT2D eigenvalue weighted by molar-refractivity contribution is 5.39. The average molecular weight is 302 g/mol. The predicted molar refractivity (Wildman–Crippen MR) is 92.8 cm³/mol. The Morgan fingerprint density at radius 2 is 2.05 bits per heavy atom. The first-order chi connectivity index (χ1) is 10.4. The van der Waals surface area contributed by atoms with Crippen LogP contribution >= 0.6 is 0 Å². The lowest BCUT2D eigenvalue weighted by Crippen LogP contribution is -2.24. The van der Waals surface area contributed by atoms with Gasteiger partial charge >= 0.3 is 0 Å². The molecule has 2 aliphatic carbocycles. The summed E-state index contributed by atoms with van der Waals surface area (Å²) in [5.41, 5.74) is 3.21. The molecular weight excluding hydrogens is 272 g/mol. The maximum Gasteiger partial charge on any atom is 0.119 e. The number of aliphatic hydroxyl groups excluding tert-OH is 2. The summed E-state index contributed by atoms with van der Waals surface area (Å²) in [4.78, 5) is 0. The van der Waals surface area contributed by atoms with Crippen LogP contribution in [0.1, 0.15) is 59.3 Å². The van der Waals surface area contributed by atoms with Gasteiger partial charge in [-0.2, -0.15) is 0 Å². The molecule has 0 saturated carbocycles. The fraction of sp³-hybridized carbons (Fsp3) is 0.600. The van der Waals surface area contributed by atoms with Gasteiger partial charge in [-0.1, -0.05) is 43.6 Å². The van der Waals surface area contributed by atoms with Crippen LogP contribution < -0.4 is 0 Å². The van der Waals surface area contributed by atoms with Crippen molar-refractivity contribution in [1.82, 2.24) is 0 Å². The molecular formula is C20H30O2. The summed E-state index contributed by atoms with van der Waals surface area (Å²) in [5.74, 6) is 1.30. The minimum Gasteiger partial charge on any atom is -0.512 e. The lowest BCUT2D eigenvalue weighted by molar-refractivity contribution is 0.297. The van der Waals surface area contributed by atoms with E-state index in [1.165, 1.54) is 5.57 Å². The Morgan fingerprint density at radius 3 is 2.64 bits per heavy atom. The van der Waals surface area contributed by atoms with Crippen molar-refractivity contribution in [3.63, 3.8) is 0 Å². The van der Waals surface area contributed by atoms with Crippen LogP contribution in [0, 0.1) is 17.8 Å². The van der Waals surface area contributed by atoms with Gasteiger partial charge in [0.1, 0.15) is 11.5 Å². The van der Waals surface area contributed by atoms with E-state index in [-0.39, 0.29) is 17.6 Å². The van der Waals surface area contributed by atoms with E-state index in [1.54, 1.807) is 0 Å². The summed E-state index contributed by atoms with van der Waals surface area (Å²) in [7, 11) is 0. The van der Waals surface area contributed by atoms with Crippen molar-refractivity contribution in [2.75, 3.05) is 0 Å². The van der Waals surface area contributed by atoms with E-state index in [0.29, 0.717) is 18.1 Å². The monoisotopic (exact) mass is 302 g/mol. The van der Waals surface area contributed by atoms with Crippen molar-refractivity contribution < 1.29 is 10.2 Å². The third kappa shape index (κ3) is 3.66. The van der Waals surface area contributed by atoms with Gasteiger partial charge < -0.3 is 10.2 Å². The molecule has 2 N–H and O–H groups in total. The van der Waals surface area contributed by atoms with E-state index in [0.717, 1.165) is 43.3 Å². The first-order valence-electron chi connectivity index (χ1n) is 8.59. The molecule has 22 heavy (non-hydrogen) atoms. The molecule has 0 aromatic rings. The Balaban J connectivity index is 2.28. The molecule has 2 nitrogen and oxygen atoms in total.